The molecule has 0 fully saturated rings. The van der Waals surface area contributed by atoms with Gasteiger partial charge in [-0.25, -0.2) is 4.79 Å². The van der Waals surface area contributed by atoms with Gasteiger partial charge in [0, 0.05) is 17.4 Å². The molecule has 8 nitrogen and oxygen atoms in total. The molecule has 0 radical (unpaired) electrons. The van der Waals surface area contributed by atoms with E-state index in [1.165, 1.54) is 21.3 Å². The Labute approximate surface area is 135 Å². The maximum atomic E-state index is 12.2. The van der Waals surface area contributed by atoms with Crippen molar-refractivity contribution in [3.63, 3.8) is 0 Å². The van der Waals surface area contributed by atoms with E-state index in [4.69, 9.17) is 18.6 Å². The Morgan fingerprint density at radius 1 is 1.21 bits per heavy atom. The largest absolute Gasteiger partial charge is 0.504 e. The minimum absolute atomic E-state index is 0.0132. The van der Waals surface area contributed by atoms with Crippen LogP contribution in [0.2, 0.25) is 0 Å². The number of ketones is 1. The average molecular weight is 334 g/mol. The van der Waals surface area contributed by atoms with E-state index in [1.54, 1.807) is 0 Å². The van der Waals surface area contributed by atoms with Crippen molar-refractivity contribution < 1.29 is 33.3 Å². The first-order chi connectivity index (χ1) is 11.4. The van der Waals surface area contributed by atoms with Crippen molar-refractivity contribution in [3.8, 4) is 17.2 Å². The molecule has 3 rings (SSSR count). The number of methoxy groups -OCH3 is 3. The number of benzene rings is 1. The summed E-state index contributed by atoms with van der Waals surface area (Å²) in [4.78, 5) is 36.4. The van der Waals surface area contributed by atoms with Gasteiger partial charge in [-0.1, -0.05) is 0 Å². The molecule has 1 aromatic carbocycles. The summed E-state index contributed by atoms with van der Waals surface area (Å²) in [6.07, 6.45) is -0.170. The molecular formula is C16H14O8. The Hall–Kier alpha value is -3.03. The van der Waals surface area contributed by atoms with Gasteiger partial charge in [-0.05, 0) is 6.07 Å². The highest BCUT2D eigenvalue weighted by atomic mass is 16.5. The highest BCUT2D eigenvalue weighted by Crippen LogP contribution is 2.48. The molecule has 0 bridgehead atoms. The maximum absolute atomic E-state index is 12.2. The summed E-state index contributed by atoms with van der Waals surface area (Å²) >= 11 is 0. The molecule has 8 heteroatoms. The Balaban J connectivity index is 2.52. The first kappa shape index (κ1) is 15.9. The zero-order chi connectivity index (χ0) is 17.6. The van der Waals surface area contributed by atoms with Gasteiger partial charge in [0.2, 0.25) is 5.75 Å². The highest BCUT2D eigenvalue weighted by Gasteiger charge is 2.41. The van der Waals surface area contributed by atoms with Crippen molar-refractivity contribution in [1.82, 2.24) is 0 Å². The first-order valence-corrected chi connectivity index (χ1v) is 7.00. The van der Waals surface area contributed by atoms with Gasteiger partial charge in [-0.15, -0.1) is 0 Å². The number of ether oxygens (including phenoxy) is 3. The predicted octanol–water partition coefficient (Wildman–Crippen LogP) is 1.36. The van der Waals surface area contributed by atoms with Crippen LogP contribution in [-0.4, -0.2) is 38.2 Å². The van der Waals surface area contributed by atoms with Gasteiger partial charge in [-0.3, -0.25) is 9.59 Å². The second kappa shape index (κ2) is 5.55. The van der Waals surface area contributed by atoms with Gasteiger partial charge in [0.25, 0.3) is 0 Å². The van der Waals surface area contributed by atoms with Crippen molar-refractivity contribution >= 4 is 22.5 Å². The monoisotopic (exact) mass is 334 g/mol. The lowest BCUT2D eigenvalue weighted by molar-refractivity contribution is -0.142. The van der Waals surface area contributed by atoms with Crippen LogP contribution in [0, 0.1) is 0 Å². The molecule has 2 aromatic rings. The van der Waals surface area contributed by atoms with Crippen LogP contribution in [0.1, 0.15) is 28.5 Å². The number of carbonyl (C=O) groups is 2. The third-order valence-electron chi connectivity index (χ3n) is 4.03. The van der Waals surface area contributed by atoms with Crippen molar-refractivity contribution in [2.45, 2.75) is 12.3 Å². The van der Waals surface area contributed by atoms with E-state index in [2.05, 4.69) is 0 Å². The molecule has 1 aliphatic carbocycles. The summed E-state index contributed by atoms with van der Waals surface area (Å²) < 4.78 is 20.2. The molecule has 126 valence electrons. The molecule has 0 amide bonds. The average Bonchev–Trinajstić information content (AvgIpc) is 2.90. The van der Waals surface area contributed by atoms with E-state index in [9.17, 15) is 19.5 Å². The van der Waals surface area contributed by atoms with Crippen molar-refractivity contribution in [2.24, 2.45) is 0 Å². The minimum atomic E-state index is -0.924. The van der Waals surface area contributed by atoms with Crippen LogP contribution in [0.4, 0.5) is 0 Å². The standard InChI is InChI=1S/C16H14O8/c1-21-13-9(18)5-7-11(14(13)22-2)10-6(15(19)23-3)4-8(17)12(10)24-16(7)20/h5-6,18H,4H2,1-3H3. The Kier molecular flexibility index (Phi) is 3.67. The molecule has 1 aromatic heterocycles. The number of rotatable bonds is 3. The number of phenolic OH excluding ortho intramolecular Hbond substituents is 1. The lowest BCUT2D eigenvalue weighted by Gasteiger charge is -2.16. The quantitative estimate of drug-likeness (QED) is 0.837. The molecular weight excluding hydrogens is 320 g/mol. The van der Waals surface area contributed by atoms with Crippen LogP contribution >= 0.6 is 0 Å². The topological polar surface area (TPSA) is 112 Å². The molecule has 1 unspecified atom stereocenters. The Morgan fingerprint density at radius 3 is 2.46 bits per heavy atom. The van der Waals surface area contributed by atoms with E-state index in [0.29, 0.717) is 0 Å². The van der Waals surface area contributed by atoms with E-state index < -0.39 is 23.3 Å². The Morgan fingerprint density at radius 2 is 1.88 bits per heavy atom. The molecule has 1 aliphatic rings. The zero-order valence-electron chi connectivity index (χ0n) is 13.2. The van der Waals surface area contributed by atoms with E-state index in [1.807, 2.05) is 0 Å². The fourth-order valence-electron chi connectivity index (χ4n) is 3.03. The second-order valence-electron chi connectivity index (χ2n) is 5.22. The molecule has 1 N–H and O–H groups in total. The lowest BCUT2D eigenvalue weighted by Crippen LogP contribution is -2.13. The fraction of sp³-hybridized carbons (Fsp3) is 0.312. The van der Waals surface area contributed by atoms with Gasteiger partial charge in [0.05, 0.1) is 32.6 Å². The molecule has 0 aliphatic heterocycles. The summed E-state index contributed by atoms with van der Waals surface area (Å²) in [7, 11) is 3.84. The van der Waals surface area contributed by atoms with Crippen LogP contribution < -0.4 is 15.1 Å². The van der Waals surface area contributed by atoms with Gasteiger partial charge in [-0.2, -0.15) is 0 Å². The molecule has 0 spiro atoms. The summed E-state index contributed by atoms with van der Waals surface area (Å²) in [6.45, 7) is 0. The summed E-state index contributed by atoms with van der Waals surface area (Å²) in [5, 5.41) is 10.2. The summed E-state index contributed by atoms with van der Waals surface area (Å²) in [6, 6.07) is 1.15. The minimum Gasteiger partial charge on any atom is -0.504 e. The van der Waals surface area contributed by atoms with Crippen LogP contribution in [-0.2, 0) is 9.53 Å². The molecule has 1 heterocycles. The van der Waals surface area contributed by atoms with E-state index in [-0.39, 0.29) is 45.8 Å². The number of esters is 1. The molecule has 0 saturated heterocycles. The molecule has 1 atom stereocenters. The highest BCUT2D eigenvalue weighted by molar-refractivity contribution is 6.10. The number of carbonyl (C=O) groups excluding carboxylic acids is 2. The van der Waals surface area contributed by atoms with Crippen molar-refractivity contribution in [2.75, 3.05) is 21.3 Å². The number of Topliss-reactive ketones (excluding diaryl/α,β-unsaturated/α-hetero) is 1. The Bertz CT molecular complexity index is 924. The number of hydrogen-bond donors (Lipinski definition) is 1. The first-order valence-electron chi connectivity index (χ1n) is 7.00. The third-order valence-corrected chi connectivity index (χ3v) is 4.03. The summed E-state index contributed by atoms with van der Waals surface area (Å²) in [5.74, 6) is -2.53. The number of fused-ring (bicyclic) bond motifs is 3. The smallest absolute Gasteiger partial charge is 0.344 e. The zero-order valence-corrected chi connectivity index (χ0v) is 13.2. The van der Waals surface area contributed by atoms with E-state index >= 15 is 0 Å². The van der Waals surface area contributed by atoms with E-state index in [0.717, 1.165) is 6.07 Å². The summed E-state index contributed by atoms with van der Waals surface area (Å²) in [5.41, 5.74) is -0.615. The van der Waals surface area contributed by atoms with Crippen LogP contribution in [0.5, 0.6) is 17.2 Å². The number of aromatic hydroxyl groups is 1. The maximum Gasteiger partial charge on any atom is 0.344 e. The van der Waals surface area contributed by atoms with Crippen molar-refractivity contribution in [3.05, 3.63) is 27.8 Å². The third kappa shape index (κ3) is 2.03. The fourth-order valence-corrected chi connectivity index (χ4v) is 3.03. The van der Waals surface area contributed by atoms with Gasteiger partial charge in [0.15, 0.2) is 23.0 Å². The number of phenols is 1. The van der Waals surface area contributed by atoms with Gasteiger partial charge >= 0.3 is 11.6 Å². The lowest BCUT2D eigenvalue weighted by atomic mass is 9.96. The van der Waals surface area contributed by atoms with Crippen LogP contribution in [0.3, 0.4) is 0 Å². The predicted molar refractivity (Wildman–Crippen MR) is 81.0 cm³/mol. The van der Waals surface area contributed by atoms with Crippen LogP contribution in [0.15, 0.2) is 15.3 Å². The van der Waals surface area contributed by atoms with Crippen molar-refractivity contribution in [1.29, 1.82) is 0 Å². The number of hydrogen-bond acceptors (Lipinski definition) is 8. The normalized spacial score (nSPS) is 16.1. The second-order valence-corrected chi connectivity index (χ2v) is 5.22. The van der Waals surface area contributed by atoms with Crippen LogP contribution in [0.25, 0.3) is 10.8 Å². The van der Waals surface area contributed by atoms with Gasteiger partial charge in [0.1, 0.15) is 0 Å². The molecule has 0 saturated carbocycles. The SMILES string of the molecule is COC(=O)C1CC(=O)c2oc(=O)c3cc(O)c(OC)c(OC)c3c21. The molecule has 24 heavy (non-hydrogen) atoms. The van der Waals surface area contributed by atoms with Gasteiger partial charge < -0.3 is 23.7 Å².